The average Bonchev–Trinajstić information content (AvgIpc) is 2.12. The van der Waals surface area contributed by atoms with Crippen LogP contribution in [0.1, 0.15) is 26.7 Å². The fourth-order valence-corrected chi connectivity index (χ4v) is 1.63. The minimum absolute atomic E-state index is 0.377. The van der Waals surface area contributed by atoms with Crippen LogP contribution < -0.4 is 10.6 Å². The summed E-state index contributed by atoms with van der Waals surface area (Å²) >= 11 is 0. The molecule has 0 amide bonds. The van der Waals surface area contributed by atoms with Crippen LogP contribution in [0.4, 0.5) is 0 Å². The molecule has 0 aromatic carbocycles. The molecule has 0 bridgehead atoms. The van der Waals surface area contributed by atoms with Gasteiger partial charge in [-0.25, -0.2) is 0 Å². The van der Waals surface area contributed by atoms with Crippen molar-refractivity contribution in [3.05, 3.63) is 0 Å². The maximum absolute atomic E-state index is 3.57. The Morgan fingerprint density at radius 3 is 2.70 bits per heavy atom. The van der Waals surface area contributed by atoms with Gasteiger partial charge in [0.05, 0.1) is 0 Å². The highest BCUT2D eigenvalue weighted by atomic mass is 15.1. The van der Waals surface area contributed by atoms with Crippen LogP contribution in [0.5, 0.6) is 0 Å². The molecule has 0 saturated carbocycles. The molecule has 0 aromatic heterocycles. The third-order valence-corrected chi connectivity index (χ3v) is 2.16. The molecule has 1 saturated heterocycles. The summed E-state index contributed by atoms with van der Waals surface area (Å²) in [5, 5.41) is 6.75. The summed E-state index contributed by atoms with van der Waals surface area (Å²) in [5.41, 5.74) is 0.377. The van der Waals surface area contributed by atoms with Crippen LogP contribution in [0.2, 0.25) is 0 Å². The third kappa shape index (κ3) is 1.96. The summed E-state index contributed by atoms with van der Waals surface area (Å²) in [5.74, 6) is 0. The van der Waals surface area contributed by atoms with Crippen LogP contribution in [0.15, 0.2) is 0 Å². The van der Waals surface area contributed by atoms with Crippen LogP contribution in [-0.4, -0.2) is 25.2 Å². The molecule has 0 spiro atoms. The smallest absolute Gasteiger partial charge is 0.0198 e. The molecular formula is C8H18N2. The van der Waals surface area contributed by atoms with Crippen molar-refractivity contribution in [3.8, 4) is 0 Å². The van der Waals surface area contributed by atoms with Gasteiger partial charge < -0.3 is 10.6 Å². The predicted octanol–water partition coefficient (Wildman–Crippen LogP) is 0.736. The monoisotopic (exact) mass is 142 g/mol. The van der Waals surface area contributed by atoms with Crippen molar-refractivity contribution in [2.24, 2.45) is 0 Å². The average molecular weight is 142 g/mol. The zero-order valence-corrected chi connectivity index (χ0v) is 7.20. The van der Waals surface area contributed by atoms with Gasteiger partial charge in [0, 0.05) is 18.1 Å². The van der Waals surface area contributed by atoms with Gasteiger partial charge in [0.2, 0.25) is 0 Å². The second kappa shape index (κ2) is 2.89. The normalized spacial score (nSPS) is 30.9. The number of hydrogen-bond donors (Lipinski definition) is 2. The van der Waals surface area contributed by atoms with Crippen molar-refractivity contribution in [1.82, 2.24) is 10.6 Å². The van der Waals surface area contributed by atoms with Gasteiger partial charge in [-0.1, -0.05) is 0 Å². The Morgan fingerprint density at radius 1 is 1.60 bits per heavy atom. The quantitative estimate of drug-likeness (QED) is 0.594. The first-order valence-corrected chi connectivity index (χ1v) is 4.06. The second-order valence-corrected chi connectivity index (χ2v) is 3.82. The molecule has 0 aliphatic carbocycles. The van der Waals surface area contributed by atoms with Crippen LogP contribution >= 0.6 is 0 Å². The molecule has 1 atom stereocenters. The van der Waals surface area contributed by atoms with E-state index in [1.165, 1.54) is 12.8 Å². The van der Waals surface area contributed by atoms with Crippen LogP contribution in [-0.2, 0) is 0 Å². The molecular weight excluding hydrogens is 124 g/mol. The van der Waals surface area contributed by atoms with Gasteiger partial charge in [0.25, 0.3) is 0 Å². The summed E-state index contributed by atoms with van der Waals surface area (Å²) < 4.78 is 0. The number of hydrogen-bond acceptors (Lipinski definition) is 2. The van der Waals surface area contributed by atoms with Gasteiger partial charge in [0.15, 0.2) is 0 Å². The number of rotatable bonds is 2. The number of nitrogens with one attached hydrogen (secondary N) is 2. The van der Waals surface area contributed by atoms with E-state index in [9.17, 15) is 0 Å². The molecule has 0 radical (unpaired) electrons. The molecule has 1 aliphatic rings. The summed E-state index contributed by atoms with van der Waals surface area (Å²) in [6.45, 7) is 5.63. The van der Waals surface area contributed by atoms with Gasteiger partial charge in [-0.15, -0.1) is 0 Å². The van der Waals surface area contributed by atoms with E-state index in [1.54, 1.807) is 0 Å². The van der Waals surface area contributed by atoms with Crippen LogP contribution in [0.3, 0.4) is 0 Å². The second-order valence-electron chi connectivity index (χ2n) is 3.82. The Morgan fingerprint density at radius 2 is 2.30 bits per heavy atom. The van der Waals surface area contributed by atoms with E-state index in [0.29, 0.717) is 11.6 Å². The lowest BCUT2D eigenvalue weighted by Gasteiger charge is -2.19. The summed E-state index contributed by atoms with van der Waals surface area (Å²) in [6, 6.07) is 0.694. The summed E-state index contributed by atoms with van der Waals surface area (Å²) in [6.07, 6.45) is 2.62. The molecule has 10 heavy (non-hydrogen) atoms. The van der Waals surface area contributed by atoms with Gasteiger partial charge in [-0.3, -0.25) is 0 Å². The fourth-order valence-electron chi connectivity index (χ4n) is 1.63. The lowest BCUT2D eigenvalue weighted by molar-refractivity contribution is 0.423. The molecule has 2 nitrogen and oxygen atoms in total. The zero-order valence-electron chi connectivity index (χ0n) is 7.20. The van der Waals surface area contributed by atoms with Crippen molar-refractivity contribution < 1.29 is 0 Å². The molecule has 1 unspecified atom stereocenters. The summed E-state index contributed by atoms with van der Waals surface area (Å²) in [4.78, 5) is 0. The maximum Gasteiger partial charge on any atom is 0.0198 e. The van der Waals surface area contributed by atoms with E-state index in [1.807, 2.05) is 7.05 Å². The first-order valence-electron chi connectivity index (χ1n) is 4.06. The first kappa shape index (κ1) is 8.02. The summed E-state index contributed by atoms with van der Waals surface area (Å²) in [7, 11) is 2.01. The molecule has 0 aromatic rings. The predicted molar refractivity (Wildman–Crippen MR) is 44.2 cm³/mol. The fraction of sp³-hybridized carbons (Fsp3) is 1.00. The topological polar surface area (TPSA) is 24.1 Å². The highest BCUT2D eigenvalue weighted by Gasteiger charge is 2.28. The van der Waals surface area contributed by atoms with Crippen molar-refractivity contribution in [2.75, 3.05) is 13.6 Å². The Hall–Kier alpha value is -0.0800. The van der Waals surface area contributed by atoms with E-state index in [2.05, 4.69) is 24.5 Å². The van der Waals surface area contributed by atoms with E-state index in [4.69, 9.17) is 0 Å². The zero-order chi connectivity index (χ0) is 7.61. The molecule has 1 aliphatic heterocycles. The Kier molecular flexibility index (Phi) is 2.32. The SMILES string of the molecule is CNCC1CCC(C)(C)N1. The van der Waals surface area contributed by atoms with E-state index in [0.717, 1.165) is 6.54 Å². The highest BCUT2D eigenvalue weighted by Crippen LogP contribution is 2.21. The van der Waals surface area contributed by atoms with Crippen molar-refractivity contribution in [1.29, 1.82) is 0 Å². The minimum Gasteiger partial charge on any atom is -0.318 e. The van der Waals surface area contributed by atoms with E-state index < -0.39 is 0 Å². The largest absolute Gasteiger partial charge is 0.318 e. The van der Waals surface area contributed by atoms with Crippen LogP contribution in [0, 0.1) is 0 Å². The maximum atomic E-state index is 3.57. The van der Waals surface area contributed by atoms with Gasteiger partial charge in [0.1, 0.15) is 0 Å². The molecule has 1 heterocycles. The van der Waals surface area contributed by atoms with Crippen molar-refractivity contribution >= 4 is 0 Å². The molecule has 1 fully saturated rings. The van der Waals surface area contributed by atoms with Gasteiger partial charge >= 0.3 is 0 Å². The van der Waals surface area contributed by atoms with Gasteiger partial charge in [-0.05, 0) is 33.7 Å². The van der Waals surface area contributed by atoms with Crippen LogP contribution in [0.25, 0.3) is 0 Å². The van der Waals surface area contributed by atoms with Gasteiger partial charge in [-0.2, -0.15) is 0 Å². The highest BCUT2D eigenvalue weighted by molar-refractivity contribution is 4.91. The third-order valence-electron chi connectivity index (χ3n) is 2.16. The van der Waals surface area contributed by atoms with E-state index in [-0.39, 0.29) is 0 Å². The van der Waals surface area contributed by atoms with E-state index >= 15 is 0 Å². The Balaban J connectivity index is 2.29. The van der Waals surface area contributed by atoms with Crippen molar-refractivity contribution in [3.63, 3.8) is 0 Å². The molecule has 2 N–H and O–H groups in total. The molecule has 60 valence electrons. The Labute approximate surface area is 63.4 Å². The van der Waals surface area contributed by atoms with Crippen molar-refractivity contribution in [2.45, 2.75) is 38.3 Å². The standard InChI is InChI=1S/C8H18N2/c1-8(2)5-4-7(10-8)6-9-3/h7,9-10H,4-6H2,1-3H3. The first-order chi connectivity index (χ1) is 4.64. The minimum atomic E-state index is 0.377. The lowest BCUT2D eigenvalue weighted by Crippen LogP contribution is -2.41. The lowest BCUT2D eigenvalue weighted by atomic mass is 10.0. The number of likely N-dealkylation sites (N-methyl/N-ethyl adjacent to an activating group) is 1. The molecule has 1 rings (SSSR count). The molecule has 2 heteroatoms. The Bertz CT molecular complexity index is 110.